The molecule has 54 valence electrons. The summed E-state index contributed by atoms with van der Waals surface area (Å²) in [6, 6.07) is 0. The van der Waals surface area contributed by atoms with Gasteiger partial charge in [-0.1, -0.05) is 4.47 Å². The second-order valence-electron chi connectivity index (χ2n) is 1.91. The summed E-state index contributed by atoms with van der Waals surface area (Å²) >= 11 is 0. The van der Waals surface area contributed by atoms with Crippen molar-refractivity contribution in [2.45, 2.75) is 6.42 Å². The van der Waals surface area contributed by atoms with Crippen LogP contribution in [-0.2, 0) is 14.9 Å². The zero-order chi connectivity index (χ0) is 6.91. The lowest BCUT2D eigenvalue weighted by Gasteiger charge is -2.20. The van der Waals surface area contributed by atoms with Gasteiger partial charge >= 0.3 is 0 Å². The Labute approximate surface area is 54.4 Å². The largest absolute Gasteiger partial charge is 0.285 e. The number of hydroxylamine groups is 1. The normalized spacial score (nSPS) is 28.1. The van der Waals surface area contributed by atoms with Gasteiger partial charge in [-0.15, -0.1) is 0 Å². The molecule has 5 heteroatoms. The minimum absolute atomic E-state index is 0.212. The Morgan fingerprint density at radius 1 is 1.56 bits per heavy atom. The third kappa shape index (κ3) is 1.41. The van der Waals surface area contributed by atoms with Crippen LogP contribution in [0.5, 0.6) is 0 Å². The van der Waals surface area contributed by atoms with E-state index in [9.17, 15) is 8.42 Å². The highest BCUT2D eigenvalue weighted by atomic mass is 32.2. The van der Waals surface area contributed by atoms with Gasteiger partial charge in [-0.2, -0.15) is 0 Å². The maximum absolute atomic E-state index is 10.8. The van der Waals surface area contributed by atoms with Gasteiger partial charge in [0.1, 0.15) is 0 Å². The lowest BCUT2D eigenvalue weighted by Crippen LogP contribution is -2.34. The van der Waals surface area contributed by atoms with E-state index < -0.39 is 10.0 Å². The van der Waals surface area contributed by atoms with Gasteiger partial charge in [0, 0.05) is 7.05 Å². The summed E-state index contributed by atoms with van der Waals surface area (Å²) in [6.07, 6.45) is 0.604. The summed E-state index contributed by atoms with van der Waals surface area (Å²) < 4.78 is 22.5. The molecular weight excluding hydrogens is 142 g/mol. The molecule has 1 aliphatic heterocycles. The van der Waals surface area contributed by atoms with Crippen molar-refractivity contribution in [1.29, 1.82) is 0 Å². The molecule has 0 aromatic carbocycles. The van der Waals surface area contributed by atoms with E-state index in [0.29, 0.717) is 13.0 Å². The molecule has 0 N–H and O–H groups in total. The van der Waals surface area contributed by atoms with Crippen molar-refractivity contribution in [2.75, 3.05) is 19.4 Å². The lowest BCUT2D eigenvalue weighted by molar-refractivity contribution is -0.0730. The molecule has 0 radical (unpaired) electrons. The second kappa shape index (κ2) is 2.24. The molecule has 0 spiro atoms. The first-order valence-corrected chi connectivity index (χ1v) is 4.33. The standard InChI is InChI=1S/C4H9NO3S/c1-5-8-3-2-4-9(5,6)7/h2-4H2,1H3. The number of sulfonamides is 1. The van der Waals surface area contributed by atoms with Crippen LogP contribution in [0, 0.1) is 0 Å². The van der Waals surface area contributed by atoms with Crippen LogP contribution in [0.25, 0.3) is 0 Å². The van der Waals surface area contributed by atoms with Crippen LogP contribution in [0.3, 0.4) is 0 Å². The van der Waals surface area contributed by atoms with Crippen molar-refractivity contribution < 1.29 is 13.3 Å². The van der Waals surface area contributed by atoms with Crippen molar-refractivity contribution in [3.63, 3.8) is 0 Å². The number of hydrogen-bond donors (Lipinski definition) is 0. The van der Waals surface area contributed by atoms with Gasteiger partial charge < -0.3 is 0 Å². The van der Waals surface area contributed by atoms with Gasteiger partial charge in [0.2, 0.25) is 10.0 Å². The van der Waals surface area contributed by atoms with E-state index >= 15 is 0 Å². The summed E-state index contributed by atoms with van der Waals surface area (Å²) in [7, 11) is -1.64. The van der Waals surface area contributed by atoms with Crippen molar-refractivity contribution in [2.24, 2.45) is 0 Å². The van der Waals surface area contributed by atoms with Crippen LogP contribution in [0.4, 0.5) is 0 Å². The van der Waals surface area contributed by atoms with Crippen LogP contribution < -0.4 is 0 Å². The van der Waals surface area contributed by atoms with E-state index in [-0.39, 0.29) is 5.75 Å². The molecule has 0 aliphatic carbocycles. The average Bonchev–Trinajstić information content (AvgIpc) is 1.77. The predicted molar refractivity (Wildman–Crippen MR) is 32.1 cm³/mol. The highest BCUT2D eigenvalue weighted by Gasteiger charge is 2.22. The average molecular weight is 151 g/mol. The van der Waals surface area contributed by atoms with Crippen LogP contribution in [0.2, 0.25) is 0 Å². The molecule has 0 amide bonds. The topological polar surface area (TPSA) is 46.6 Å². The predicted octanol–water partition coefficient (Wildman–Crippen LogP) is -0.417. The monoisotopic (exact) mass is 151 g/mol. The van der Waals surface area contributed by atoms with E-state index in [0.717, 1.165) is 4.47 Å². The molecule has 1 aliphatic rings. The molecule has 9 heavy (non-hydrogen) atoms. The van der Waals surface area contributed by atoms with Gasteiger partial charge in [-0.05, 0) is 6.42 Å². The van der Waals surface area contributed by atoms with Crippen LogP contribution in [0.1, 0.15) is 6.42 Å². The van der Waals surface area contributed by atoms with Gasteiger partial charge in [0.25, 0.3) is 0 Å². The fraction of sp³-hybridized carbons (Fsp3) is 1.00. The number of rotatable bonds is 0. The first kappa shape index (κ1) is 6.98. The van der Waals surface area contributed by atoms with E-state index in [1.165, 1.54) is 7.05 Å². The maximum atomic E-state index is 10.8. The fourth-order valence-electron chi connectivity index (χ4n) is 0.643. The minimum atomic E-state index is -3.05. The van der Waals surface area contributed by atoms with Crippen molar-refractivity contribution in [3.05, 3.63) is 0 Å². The fourth-order valence-corrected chi connectivity index (χ4v) is 1.62. The quantitative estimate of drug-likeness (QED) is 0.472. The molecule has 1 fully saturated rings. The van der Waals surface area contributed by atoms with Crippen LogP contribution >= 0.6 is 0 Å². The van der Waals surface area contributed by atoms with Crippen molar-refractivity contribution >= 4 is 10.0 Å². The third-order valence-corrected chi connectivity index (χ3v) is 2.90. The van der Waals surface area contributed by atoms with Gasteiger partial charge in [0.15, 0.2) is 0 Å². The van der Waals surface area contributed by atoms with Gasteiger partial charge in [-0.25, -0.2) is 8.42 Å². The smallest absolute Gasteiger partial charge is 0.235 e. The summed E-state index contributed by atoms with van der Waals surface area (Å²) in [5, 5.41) is 0. The van der Waals surface area contributed by atoms with E-state index in [2.05, 4.69) is 0 Å². The first-order valence-electron chi connectivity index (χ1n) is 2.72. The molecular formula is C4H9NO3S. The van der Waals surface area contributed by atoms with E-state index in [4.69, 9.17) is 4.84 Å². The molecule has 0 bridgehead atoms. The highest BCUT2D eigenvalue weighted by molar-refractivity contribution is 7.88. The summed E-state index contributed by atoms with van der Waals surface area (Å²) in [5.74, 6) is 0.212. The molecule has 1 heterocycles. The Bertz CT molecular complexity index is 186. The molecule has 4 nitrogen and oxygen atoms in total. The maximum Gasteiger partial charge on any atom is 0.235 e. The first-order chi connectivity index (χ1) is 4.13. The molecule has 0 atom stereocenters. The number of nitrogens with zero attached hydrogens (tertiary/aromatic N) is 1. The molecule has 1 saturated heterocycles. The SMILES string of the molecule is CN1OCCCS1(=O)=O. The Hall–Kier alpha value is -0.130. The van der Waals surface area contributed by atoms with E-state index in [1.807, 2.05) is 0 Å². The van der Waals surface area contributed by atoms with Crippen LogP contribution in [0.15, 0.2) is 0 Å². The Morgan fingerprint density at radius 3 is 2.56 bits per heavy atom. The van der Waals surface area contributed by atoms with Crippen molar-refractivity contribution in [1.82, 2.24) is 4.47 Å². The van der Waals surface area contributed by atoms with Crippen LogP contribution in [-0.4, -0.2) is 32.3 Å². The molecule has 0 aromatic heterocycles. The Balaban J connectivity index is 2.72. The minimum Gasteiger partial charge on any atom is -0.285 e. The molecule has 0 aromatic rings. The second-order valence-corrected chi connectivity index (χ2v) is 4.00. The summed E-state index contributed by atoms with van der Waals surface area (Å²) in [5.41, 5.74) is 0. The molecule has 0 unspecified atom stereocenters. The Morgan fingerprint density at radius 2 is 2.22 bits per heavy atom. The zero-order valence-electron chi connectivity index (χ0n) is 5.20. The highest BCUT2D eigenvalue weighted by Crippen LogP contribution is 2.07. The molecule has 1 rings (SSSR count). The van der Waals surface area contributed by atoms with Gasteiger partial charge in [-0.3, -0.25) is 4.84 Å². The van der Waals surface area contributed by atoms with Gasteiger partial charge in [0.05, 0.1) is 12.4 Å². The number of hydrogen-bond acceptors (Lipinski definition) is 3. The molecule has 0 saturated carbocycles. The summed E-state index contributed by atoms with van der Waals surface area (Å²) in [4.78, 5) is 4.74. The van der Waals surface area contributed by atoms with E-state index in [1.54, 1.807) is 0 Å². The van der Waals surface area contributed by atoms with Crippen molar-refractivity contribution in [3.8, 4) is 0 Å². The Kier molecular flexibility index (Phi) is 1.74. The summed E-state index contributed by atoms with van der Waals surface area (Å²) in [6.45, 7) is 0.510. The lowest BCUT2D eigenvalue weighted by atomic mass is 10.5. The third-order valence-electron chi connectivity index (χ3n) is 1.21. The zero-order valence-corrected chi connectivity index (χ0v) is 6.02.